The molecule has 102 valence electrons. The normalized spacial score (nSPS) is 13.5. The van der Waals surface area contributed by atoms with E-state index in [2.05, 4.69) is 4.98 Å². The first-order valence-electron chi connectivity index (χ1n) is 4.89. The van der Waals surface area contributed by atoms with Crippen LogP contribution in [0, 0.1) is 0 Å². The first kappa shape index (κ1) is 14.9. The van der Waals surface area contributed by atoms with Crippen molar-refractivity contribution in [3.63, 3.8) is 0 Å². The third-order valence-corrected chi connectivity index (χ3v) is 4.73. The SMILES string of the molecule is O=P(O)(O)C(F)c1csc(-c2ccc(Cl)c(Cl)c2)n1. The zero-order valence-electron chi connectivity index (χ0n) is 9.13. The molecule has 0 saturated carbocycles. The molecular formula is C10H7Cl2FNO3PS. The molecule has 0 aliphatic heterocycles. The number of alkyl halides is 1. The molecule has 1 atom stereocenters. The van der Waals surface area contributed by atoms with Crippen LogP contribution in [0.1, 0.15) is 11.6 Å². The van der Waals surface area contributed by atoms with E-state index in [-0.39, 0.29) is 5.69 Å². The second-order valence-corrected chi connectivity index (χ2v) is 6.94. The first-order valence-corrected chi connectivity index (χ1v) is 8.21. The van der Waals surface area contributed by atoms with E-state index in [1.165, 1.54) is 5.38 Å². The van der Waals surface area contributed by atoms with Crippen molar-refractivity contribution in [2.45, 2.75) is 5.91 Å². The molecule has 0 amide bonds. The van der Waals surface area contributed by atoms with E-state index in [0.29, 0.717) is 20.6 Å². The van der Waals surface area contributed by atoms with Crippen LogP contribution in [-0.2, 0) is 4.57 Å². The molecule has 0 fully saturated rings. The molecule has 0 radical (unpaired) electrons. The topological polar surface area (TPSA) is 70.4 Å². The Bertz CT molecular complexity index is 660. The number of thiazole rings is 1. The predicted octanol–water partition coefficient (Wildman–Crippen LogP) is 4.26. The van der Waals surface area contributed by atoms with Crippen LogP contribution in [0.3, 0.4) is 0 Å². The molecule has 0 aliphatic rings. The Kier molecular flexibility index (Phi) is 4.30. The molecule has 9 heteroatoms. The number of nitrogens with zero attached hydrogens (tertiary/aromatic N) is 1. The van der Waals surface area contributed by atoms with Gasteiger partial charge in [0, 0.05) is 10.9 Å². The molecule has 1 heterocycles. The van der Waals surface area contributed by atoms with Crippen molar-refractivity contribution in [1.82, 2.24) is 4.98 Å². The number of aromatic nitrogens is 1. The fourth-order valence-corrected chi connectivity index (χ4v) is 3.03. The van der Waals surface area contributed by atoms with Gasteiger partial charge in [0.05, 0.1) is 15.7 Å². The summed E-state index contributed by atoms with van der Waals surface area (Å²) in [4.78, 5) is 21.4. The molecule has 2 aromatic rings. The zero-order chi connectivity index (χ0) is 14.2. The van der Waals surface area contributed by atoms with Crippen molar-refractivity contribution in [2.24, 2.45) is 0 Å². The predicted molar refractivity (Wildman–Crippen MR) is 73.5 cm³/mol. The van der Waals surface area contributed by atoms with Gasteiger partial charge >= 0.3 is 7.60 Å². The summed E-state index contributed by atoms with van der Waals surface area (Å²) in [6.07, 6.45) is 0. The quantitative estimate of drug-likeness (QED) is 0.818. The Hall–Kier alpha value is -0.490. The monoisotopic (exact) mass is 341 g/mol. The van der Waals surface area contributed by atoms with Crippen LogP contribution in [0.4, 0.5) is 4.39 Å². The number of rotatable bonds is 3. The van der Waals surface area contributed by atoms with Crippen LogP contribution in [0.15, 0.2) is 23.6 Å². The molecule has 1 aromatic carbocycles. The molecule has 1 unspecified atom stereocenters. The van der Waals surface area contributed by atoms with Gasteiger partial charge < -0.3 is 9.79 Å². The summed E-state index contributed by atoms with van der Waals surface area (Å²) in [7, 11) is -4.84. The summed E-state index contributed by atoms with van der Waals surface area (Å²) >= 11 is 12.7. The van der Waals surface area contributed by atoms with Gasteiger partial charge in [-0.2, -0.15) is 0 Å². The standard InChI is InChI=1S/C10H7Cl2FNO3PS/c11-6-2-1-5(3-7(6)12)10-14-8(4-19-10)9(13)18(15,16)17/h1-4,9H,(H2,15,16,17). The average Bonchev–Trinajstić information content (AvgIpc) is 2.79. The fraction of sp³-hybridized carbons (Fsp3) is 0.100. The highest BCUT2D eigenvalue weighted by Crippen LogP contribution is 2.53. The number of hydrogen-bond donors (Lipinski definition) is 2. The molecule has 19 heavy (non-hydrogen) atoms. The van der Waals surface area contributed by atoms with Crippen LogP contribution < -0.4 is 0 Å². The largest absolute Gasteiger partial charge is 0.365 e. The van der Waals surface area contributed by atoms with Gasteiger partial charge in [-0.25, -0.2) is 9.37 Å². The van der Waals surface area contributed by atoms with E-state index in [1.54, 1.807) is 18.2 Å². The molecule has 1 aromatic heterocycles. The smallest absolute Gasteiger partial charge is 0.322 e. The molecule has 0 saturated heterocycles. The number of benzene rings is 1. The molecule has 2 N–H and O–H groups in total. The summed E-state index contributed by atoms with van der Waals surface area (Å²) in [6.45, 7) is 0. The van der Waals surface area contributed by atoms with Gasteiger partial charge in [-0.1, -0.05) is 29.3 Å². The van der Waals surface area contributed by atoms with Crippen molar-refractivity contribution >= 4 is 42.1 Å². The van der Waals surface area contributed by atoms with Crippen LogP contribution in [0.2, 0.25) is 10.0 Å². The van der Waals surface area contributed by atoms with Crippen LogP contribution in [0.25, 0.3) is 10.6 Å². The van der Waals surface area contributed by atoms with Crippen molar-refractivity contribution < 1.29 is 18.7 Å². The summed E-state index contributed by atoms with van der Waals surface area (Å²) in [5, 5.41) is 2.37. The van der Waals surface area contributed by atoms with E-state index in [1.807, 2.05) is 0 Å². The molecule has 0 bridgehead atoms. The lowest BCUT2D eigenvalue weighted by molar-refractivity contribution is 0.301. The van der Waals surface area contributed by atoms with E-state index in [4.69, 9.17) is 33.0 Å². The van der Waals surface area contributed by atoms with Crippen LogP contribution in [-0.4, -0.2) is 14.8 Å². The lowest BCUT2D eigenvalue weighted by atomic mass is 10.2. The maximum Gasteiger partial charge on any atom is 0.365 e. The van der Waals surface area contributed by atoms with E-state index >= 15 is 0 Å². The van der Waals surface area contributed by atoms with Gasteiger partial charge in [-0.3, -0.25) is 4.57 Å². The summed E-state index contributed by atoms with van der Waals surface area (Å²) in [5.74, 6) is -2.42. The van der Waals surface area contributed by atoms with Crippen molar-refractivity contribution in [1.29, 1.82) is 0 Å². The minimum absolute atomic E-state index is 0.292. The lowest BCUT2D eigenvalue weighted by Gasteiger charge is -2.06. The van der Waals surface area contributed by atoms with Gasteiger partial charge in [-0.05, 0) is 12.1 Å². The first-order chi connectivity index (χ1) is 8.79. The second-order valence-electron chi connectivity index (χ2n) is 3.63. The Morgan fingerprint density at radius 3 is 2.58 bits per heavy atom. The highest BCUT2D eigenvalue weighted by Gasteiger charge is 2.32. The molecule has 4 nitrogen and oxygen atoms in total. The molecular weight excluding hydrogens is 335 g/mol. The van der Waals surface area contributed by atoms with Crippen LogP contribution >= 0.6 is 42.1 Å². The summed E-state index contributed by atoms with van der Waals surface area (Å²) in [6, 6.07) is 4.76. The van der Waals surface area contributed by atoms with Gasteiger partial charge in [0.25, 0.3) is 0 Å². The lowest BCUT2D eigenvalue weighted by Crippen LogP contribution is -1.93. The molecule has 0 aliphatic carbocycles. The second kappa shape index (κ2) is 5.48. The fourth-order valence-electron chi connectivity index (χ4n) is 1.33. The highest BCUT2D eigenvalue weighted by molar-refractivity contribution is 7.52. The summed E-state index contributed by atoms with van der Waals surface area (Å²) < 4.78 is 24.3. The Labute approximate surface area is 122 Å². The van der Waals surface area contributed by atoms with Gasteiger partial charge in [0.15, 0.2) is 0 Å². The minimum Gasteiger partial charge on any atom is -0.322 e. The van der Waals surface area contributed by atoms with E-state index in [9.17, 15) is 8.96 Å². The average molecular weight is 342 g/mol. The summed E-state index contributed by atoms with van der Waals surface area (Å²) in [5.41, 5.74) is 0.308. The van der Waals surface area contributed by atoms with E-state index in [0.717, 1.165) is 11.3 Å². The third kappa shape index (κ3) is 3.34. The van der Waals surface area contributed by atoms with Gasteiger partial charge in [0.2, 0.25) is 5.91 Å². The Balaban J connectivity index is 2.36. The van der Waals surface area contributed by atoms with E-state index < -0.39 is 13.5 Å². The minimum atomic E-state index is -4.84. The van der Waals surface area contributed by atoms with Crippen molar-refractivity contribution in [3.05, 3.63) is 39.3 Å². The van der Waals surface area contributed by atoms with Gasteiger partial charge in [-0.15, -0.1) is 11.3 Å². The number of halogens is 3. The van der Waals surface area contributed by atoms with Gasteiger partial charge in [0.1, 0.15) is 5.01 Å². The van der Waals surface area contributed by atoms with Crippen LogP contribution in [0.5, 0.6) is 0 Å². The highest BCUT2D eigenvalue weighted by atomic mass is 35.5. The zero-order valence-corrected chi connectivity index (χ0v) is 12.3. The Morgan fingerprint density at radius 1 is 1.32 bits per heavy atom. The maximum atomic E-state index is 13.4. The maximum absolute atomic E-state index is 13.4. The van der Waals surface area contributed by atoms with Crippen molar-refractivity contribution in [2.75, 3.05) is 0 Å². The molecule has 0 spiro atoms. The van der Waals surface area contributed by atoms with Crippen molar-refractivity contribution in [3.8, 4) is 10.6 Å². The third-order valence-electron chi connectivity index (χ3n) is 2.23. The molecule has 2 rings (SSSR count). The Morgan fingerprint density at radius 2 is 2.00 bits per heavy atom. The number of hydrogen-bond acceptors (Lipinski definition) is 3.